The average molecular weight is 367 g/mol. The first-order chi connectivity index (χ1) is 11.2. The second-order valence-corrected chi connectivity index (χ2v) is 4.84. The van der Waals surface area contributed by atoms with Gasteiger partial charge in [-0.05, 0) is 18.2 Å². The zero-order valence-electron chi connectivity index (χ0n) is 12.7. The number of hydrogen-bond acceptors (Lipinski definition) is 6. The molecule has 1 rings (SSSR count). The summed E-state index contributed by atoms with van der Waals surface area (Å²) in [7, 11) is 2.28. The quantitative estimate of drug-likeness (QED) is 0.475. The van der Waals surface area contributed by atoms with Gasteiger partial charge >= 0.3 is 18.1 Å². The van der Waals surface area contributed by atoms with Crippen LogP contribution in [0.5, 0.6) is 0 Å². The lowest BCUT2D eigenvalue weighted by atomic mass is 10.2. The SMILES string of the molecule is COC(=O)CCC(=NNc1cc(C(F)(F)F)ccc1Cl)C(=O)OC. The normalized spacial score (nSPS) is 11.8. The molecule has 0 saturated carbocycles. The number of nitrogens with zero attached hydrogens (tertiary/aromatic N) is 1. The third-order valence-corrected chi connectivity index (χ3v) is 3.15. The van der Waals surface area contributed by atoms with Crippen LogP contribution >= 0.6 is 11.6 Å². The number of hydrogen-bond donors (Lipinski definition) is 1. The average Bonchev–Trinajstić information content (AvgIpc) is 2.54. The van der Waals surface area contributed by atoms with Crippen LogP contribution in [-0.2, 0) is 25.2 Å². The van der Waals surface area contributed by atoms with Gasteiger partial charge in [0.2, 0.25) is 0 Å². The van der Waals surface area contributed by atoms with E-state index in [1.54, 1.807) is 0 Å². The van der Waals surface area contributed by atoms with E-state index in [2.05, 4.69) is 20.0 Å². The molecule has 1 N–H and O–H groups in total. The zero-order chi connectivity index (χ0) is 18.3. The van der Waals surface area contributed by atoms with Gasteiger partial charge in [-0.2, -0.15) is 18.3 Å². The molecule has 10 heteroatoms. The van der Waals surface area contributed by atoms with E-state index < -0.39 is 23.7 Å². The highest BCUT2D eigenvalue weighted by Gasteiger charge is 2.31. The molecule has 0 radical (unpaired) electrons. The van der Waals surface area contributed by atoms with E-state index in [0.29, 0.717) is 0 Å². The minimum absolute atomic E-state index is 0.0241. The summed E-state index contributed by atoms with van der Waals surface area (Å²) >= 11 is 5.80. The summed E-state index contributed by atoms with van der Waals surface area (Å²) in [5.74, 6) is -1.42. The van der Waals surface area contributed by atoms with Crippen LogP contribution in [0.3, 0.4) is 0 Å². The van der Waals surface area contributed by atoms with Crippen molar-refractivity contribution in [3.63, 3.8) is 0 Å². The Labute approximate surface area is 140 Å². The molecule has 1 aromatic rings. The lowest BCUT2D eigenvalue weighted by Crippen LogP contribution is -2.19. The minimum Gasteiger partial charge on any atom is -0.469 e. The van der Waals surface area contributed by atoms with Crippen LogP contribution in [0.25, 0.3) is 0 Å². The fraction of sp³-hybridized carbons (Fsp3) is 0.357. The van der Waals surface area contributed by atoms with Gasteiger partial charge in [0.1, 0.15) is 5.71 Å². The molecule has 0 amide bonds. The van der Waals surface area contributed by atoms with Crippen molar-refractivity contribution in [1.29, 1.82) is 0 Å². The number of alkyl halides is 3. The van der Waals surface area contributed by atoms with Gasteiger partial charge in [0.05, 0.1) is 36.9 Å². The van der Waals surface area contributed by atoms with E-state index in [1.807, 2.05) is 0 Å². The third kappa shape index (κ3) is 5.73. The Morgan fingerprint density at radius 3 is 2.42 bits per heavy atom. The number of ether oxygens (including phenoxy) is 2. The summed E-state index contributed by atoms with van der Waals surface area (Å²) in [5, 5.41) is 3.66. The number of hydrazone groups is 1. The smallest absolute Gasteiger partial charge is 0.416 e. The van der Waals surface area contributed by atoms with Crippen LogP contribution in [0.4, 0.5) is 18.9 Å². The maximum atomic E-state index is 12.7. The fourth-order valence-corrected chi connectivity index (χ4v) is 1.72. The Morgan fingerprint density at radius 1 is 1.21 bits per heavy atom. The van der Waals surface area contributed by atoms with Gasteiger partial charge < -0.3 is 9.47 Å². The maximum absolute atomic E-state index is 12.7. The molecule has 0 aliphatic rings. The third-order valence-electron chi connectivity index (χ3n) is 2.82. The molecule has 0 spiro atoms. The molecule has 0 fully saturated rings. The van der Waals surface area contributed by atoms with E-state index in [4.69, 9.17) is 11.6 Å². The van der Waals surface area contributed by atoms with E-state index >= 15 is 0 Å². The molecule has 0 unspecified atom stereocenters. The summed E-state index contributed by atoms with van der Waals surface area (Å²) in [4.78, 5) is 22.7. The summed E-state index contributed by atoms with van der Waals surface area (Å²) in [6, 6.07) is 2.62. The van der Waals surface area contributed by atoms with Gasteiger partial charge in [-0.1, -0.05) is 11.6 Å². The standard InChI is InChI=1S/C14H14ClF3N2O4/c1-23-12(21)6-5-10(13(22)24-2)19-20-11-7-8(14(16,17)18)3-4-9(11)15/h3-4,7,20H,5-6H2,1-2H3. The van der Waals surface area contributed by atoms with Gasteiger partial charge in [-0.15, -0.1) is 0 Å². The molecule has 1 aromatic carbocycles. The number of halogens is 4. The van der Waals surface area contributed by atoms with Crippen LogP contribution < -0.4 is 5.43 Å². The Hall–Kier alpha value is -2.29. The van der Waals surface area contributed by atoms with E-state index in [1.165, 1.54) is 7.11 Å². The highest BCUT2D eigenvalue weighted by Crippen LogP contribution is 2.33. The van der Waals surface area contributed by atoms with Crippen LogP contribution in [0.1, 0.15) is 18.4 Å². The number of esters is 2. The van der Waals surface area contributed by atoms with Crippen molar-refractivity contribution in [3.8, 4) is 0 Å². The van der Waals surface area contributed by atoms with Crippen molar-refractivity contribution in [2.45, 2.75) is 19.0 Å². The van der Waals surface area contributed by atoms with Crippen molar-refractivity contribution in [2.75, 3.05) is 19.6 Å². The predicted octanol–water partition coefficient (Wildman–Crippen LogP) is 3.25. The van der Waals surface area contributed by atoms with Crippen molar-refractivity contribution in [3.05, 3.63) is 28.8 Å². The largest absolute Gasteiger partial charge is 0.469 e. The second-order valence-electron chi connectivity index (χ2n) is 4.43. The van der Waals surface area contributed by atoms with E-state index in [9.17, 15) is 22.8 Å². The highest BCUT2D eigenvalue weighted by atomic mass is 35.5. The van der Waals surface area contributed by atoms with Crippen LogP contribution in [0.15, 0.2) is 23.3 Å². The van der Waals surface area contributed by atoms with Gasteiger partial charge in [-0.3, -0.25) is 10.2 Å². The highest BCUT2D eigenvalue weighted by molar-refractivity contribution is 6.37. The Bertz CT molecular complexity index is 647. The molecule has 0 atom stereocenters. The second kappa shape index (κ2) is 8.53. The number of carbonyl (C=O) groups excluding carboxylic acids is 2. The molecular weight excluding hydrogens is 353 g/mol. The Kier molecular flexibility index (Phi) is 7.02. The van der Waals surface area contributed by atoms with Crippen LogP contribution in [0, 0.1) is 0 Å². The number of rotatable bonds is 6. The first-order valence-electron chi connectivity index (χ1n) is 6.53. The van der Waals surface area contributed by atoms with Crippen molar-refractivity contribution in [2.24, 2.45) is 5.10 Å². The van der Waals surface area contributed by atoms with E-state index in [-0.39, 0.29) is 29.3 Å². The molecule has 132 valence electrons. The van der Waals surface area contributed by atoms with Crippen molar-refractivity contribution in [1.82, 2.24) is 0 Å². The lowest BCUT2D eigenvalue weighted by molar-refractivity contribution is -0.140. The monoisotopic (exact) mass is 366 g/mol. The summed E-state index contributed by atoms with van der Waals surface area (Å²) < 4.78 is 47.0. The summed E-state index contributed by atoms with van der Waals surface area (Å²) in [6.45, 7) is 0. The molecule has 24 heavy (non-hydrogen) atoms. The van der Waals surface area contributed by atoms with Crippen molar-refractivity contribution < 1.29 is 32.2 Å². The fourth-order valence-electron chi connectivity index (χ4n) is 1.56. The van der Waals surface area contributed by atoms with Crippen LogP contribution in [-0.4, -0.2) is 31.9 Å². The molecular formula is C14H14ClF3N2O4. The molecule has 0 heterocycles. The first kappa shape index (κ1) is 19.8. The molecule has 0 aliphatic carbocycles. The first-order valence-corrected chi connectivity index (χ1v) is 6.91. The molecule has 0 aliphatic heterocycles. The number of carbonyl (C=O) groups is 2. The lowest BCUT2D eigenvalue weighted by Gasteiger charge is -2.11. The number of nitrogens with one attached hydrogen (secondary N) is 1. The Morgan fingerprint density at radius 2 is 1.88 bits per heavy atom. The van der Waals surface area contributed by atoms with Gasteiger partial charge in [0.25, 0.3) is 0 Å². The minimum atomic E-state index is -4.55. The molecule has 0 aromatic heterocycles. The van der Waals surface area contributed by atoms with E-state index in [0.717, 1.165) is 25.3 Å². The molecule has 0 saturated heterocycles. The summed E-state index contributed by atoms with van der Waals surface area (Å²) in [5.41, 5.74) is 1.01. The van der Waals surface area contributed by atoms with Gasteiger partial charge in [-0.25, -0.2) is 4.79 Å². The topological polar surface area (TPSA) is 77.0 Å². The number of anilines is 1. The summed E-state index contributed by atoms with van der Waals surface area (Å²) in [6.07, 6.45) is -4.83. The van der Waals surface area contributed by atoms with Gasteiger partial charge in [0, 0.05) is 6.42 Å². The molecule has 6 nitrogen and oxygen atoms in total. The predicted molar refractivity (Wildman–Crippen MR) is 80.8 cm³/mol. The number of methoxy groups -OCH3 is 2. The van der Waals surface area contributed by atoms with Crippen molar-refractivity contribution >= 4 is 34.9 Å². The zero-order valence-corrected chi connectivity index (χ0v) is 13.5. The molecule has 0 bridgehead atoms. The van der Waals surface area contributed by atoms with Crippen LogP contribution in [0.2, 0.25) is 5.02 Å². The maximum Gasteiger partial charge on any atom is 0.416 e. The number of benzene rings is 1. The van der Waals surface area contributed by atoms with Gasteiger partial charge in [0.15, 0.2) is 0 Å². The Balaban J connectivity index is 3.00.